The fourth-order valence-electron chi connectivity index (χ4n) is 5.46. The first-order chi connectivity index (χ1) is 24.0. The Bertz CT molecular complexity index is 1290. The van der Waals surface area contributed by atoms with Crippen molar-refractivity contribution in [2.75, 3.05) is 12.3 Å². The van der Waals surface area contributed by atoms with Gasteiger partial charge in [0.05, 0.1) is 6.04 Å². The number of carbonyl (C=O) groups is 6. The van der Waals surface area contributed by atoms with Gasteiger partial charge in [-0.1, -0.05) is 73.4 Å². The summed E-state index contributed by atoms with van der Waals surface area (Å²) in [6.07, 6.45) is 2.16. The highest BCUT2D eigenvalue weighted by atomic mass is 16.4. The predicted octanol–water partition coefficient (Wildman–Crippen LogP) is 2.61. The molecule has 5 amide bonds. The third kappa shape index (κ3) is 17.5. The predicted molar refractivity (Wildman–Crippen MR) is 198 cm³/mol. The van der Waals surface area contributed by atoms with Crippen molar-refractivity contribution < 1.29 is 33.9 Å². The lowest BCUT2D eigenvalue weighted by molar-refractivity contribution is -0.137. The number of benzene rings is 1. The molecule has 0 aliphatic rings. The van der Waals surface area contributed by atoms with Crippen LogP contribution in [0.15, 0.2) is 24.3 Å². The van der Waals surface area contributed by atoms with Crippen molar-refractivity contribution in [1.82, 2.24) is 31.9 Å². The van der Waals surface area contributed by atoms with Gasteiger partial charge in [-0.15, -0.1) is 0 Å². The van der Waals surface area contributed by atoms with Crippen molar-refractivity contribution in [3.05, 3.63) is 29.8 Å². The van der Waals surface area contributed by atoms with Gasteiger partial charge in [0.25, 0.3) is 0 Å². The molecule has 14 nitrogen and oxygen atoms in total. The Balaban J connectivity index is 2.89. The van der Waals surface area contributed by atoms with Crippen LogP contribution in [0.4, 0.5) is 5.69 Å². The molecule has 0 aromatic heterocycles. The standard InChI is InChI=1S/C37H63N7O7/c1-9-13-29(42-37(51)33(24(7)10-2)43-30(45)16-12-17-31(46)47)35(49)41-28(18-22(3)4)21-39-25(8)34(48)44-32(23(5)6)36(50)40-20-26-14-11-15-27(38)19-26/h11,14-15,19,22-25,28-29,32-33,39H,9-10,12-13,16-18,20-21,38H2,1-8H3,(H,40,50)(H,41,49)(H,42,51)(H,43,45)(H,44,48)(H,46,47)/t24-,25-,28-,29-,32-,33?/m0/s1. The van der Waals surface area contributed by atoms with Crippen molar-refractivity contribution in [2.24, 2.45) is 17.8 Å². The highest BCUT2D eigenvalue weighted by Crippen LogP contribution is 2.12. The number of nitrogens with two attached hydrogens (primary N) is 1. The number of carboxylic acids is 1. The van der Waals surface area contributed by atoms with Gasteiger partial charge in [0.1, 0.15) is 18.1 Å². The lowest BCUT2D eigenvalue weighted by Crippen LogP contribution is -2.58. The molecule has 0 spiro atoms. The van der Waals surface area contributed by atoms with Crippen LogP contribution in [0.3, 0.4) is 0 Å². The van der Waals surface area contributed by atoms with Crippen LogP contribution < -0.4 is 37.6 Å². The Hall–Kier alpha value is -4.20. The van der Waals surface area contributed by atoms with Gasteiger partial charge in [0.2, 0.25) is 29.5 Å². The molecule has 0 radical (unpaired) electrons. The van der Waals surface area contributed by atoms with E-state index in [0.717, 1.165) is 5.56 Å². The first-order valence-electron chi connectivity index (χ1n) is 18.3. The van der Waals surface area contributed by atoms with Gasteiger partial charge in [-0.2, -0.15) is 0 Å². The first kappa shape index (κ1) is 44.8. The lowest BCUT2D eigenvalue weighted by atomic mass is 9.97. The minimum Gasteiger partial charge on any atom is -0.481 e. The third-order valence-corrected chi connectivity index (χ3v) is 8.65. The summed E-state index contributed by atoms with van der Waals surface area (Å²) in [6, 6.07) is 3.65. The zero-order chi connectivity index (χ0) is 38.7. The molecule has 51 heavy (non-hydrogen) atoms. The number of nitrogens with one attached hydrogen (secondary N) is 6. The monoisotopic (exact) mass is 717 g/mol. The Morgan fingerprint density at radius 1 is 0.804 bits per heavy atom. The van der Waals surface area contributed by atoms with Crippen LogP contribution in [0.25, 0.3) is 0 Å². The molecule has 1 aromatic rings. The molecular formula is C37H63N7O7. The number of carboxylic acid groups (broad SMARTS) is 1. The number of hydrogen-bond donors (Lipinski definition) is 8. The van der Waals surface area contributed by atoms with Crippen LogP contribution >= 0.6 is 0 Å². The molecule has 9 N–H and O–H groups in total. The van der Waals surface area contributed by atoms with Crippen molar-refractivity contribution in [3.8, 4) is 0 Å². The van der Waals surface area contributed by atoms with Crippen LogP contribution in [0, 0.1) is 17.8 Å². The van der Waals surface area contributed by atoms with Crippen molar-refractivity contribution in [3.63, 3.8) is 0 Å². The summed E-state index contributed by atoms with van der Waals surface area (Å²) in [7, 11) is 0. The number of aliphatic carboxylic acids is 1. The molecule has 0 saturated heterocycles. The van der Waals surface area contributed by atoms with Gasteiger partial charge in [0, 0.05) is 37.7 Å². The highest BCUT2D eigenvalue weighted by Gasteiger charge is 2.31. The molecule has 0 aliphatic carbocycles. The minimum absolute atomic E-state index is 0.0266. The average Bonchev–Trinajstić information content (AvgIpc) is 3.05. The second-order valence-corrected chi connectivity index (χ2v) is 14.2. The summed E-state index contributed by atoms with van der Waals surface area (Å²) in [5, 5.41) is 26.4. The van der Waals surface area contributed by atoms with E-state index in [2.05, 4.69) is 31.9 Å². The fourth-order valence-corrected chi connectivity index (χ4v) is 5.46. The smallest absolute Gasteiger partial charge is 0.303 e. The Labute approximate surface area is 303 Å². The summed E-state index contributed by atoms with van der Waals surface area (Å²) in [5.41, 5.74) is 7.28. The van der Waals surface area contributed by atoms with Crippen LogP contribution in [0.1, 0.15) is 106 Å². The van der Waals surface area contributed by atoms with Gasteiger partial charge in [-0.05, 0) is 61.6 Å². The molecule has 0 heterocycles. The molecule has 288 valence electrons. The van der Waals surface area contributed by atoms with Crippen molar-refractivity contribution >= 4 is 41.2 Å². The number of nitrogen functional groups attached to an aromatic ring is 1. The summed E-state index contributed by atoms with van der Waals surface area (Å²) < 4.78 is 0. The Morgan fingerprint density at radius 3 is 2.06 bits per heavy atom. The third-order valence-electron chi connectivity index (χ3n) is 8.65. The molecule has 1 aromatic carbocycles. The second kappa shape index (κ2) is 23.3. The van der Waals surface area contributed by atoms with Gasteiger partial charge in [-0.25, -0.2) is 0 Å². The highest BCUT2D eigenvalue weighted by molar-refractivity contribution is 5.92. The fraction of sp³-hybridized carbons (Fsp3) is 0.676. The zero-order valence-electron chi connectivity index (χ0n) is 31.8. The van der Waals surface area contributed by atoms with Crippen LogP contribution in [-0.4, -0.2) is 77.4 Å². The Morgan fingerprint density at radius 2 is 1.49 bits per heavy atom. The topological polar surface area (TPSA) is 221 Å². The van der Waals surface area contributed by atoms with Gasteiger partial charge in [-0.3, -0.25) is 28.8 Å². The van der Waals surface area contributed by atoms with E-state index in [0.29, 0.717) is 31.4 Å². The number of carbonyl (C=O) groups excluding carboxylic acids is 5. The van der Waals surface area contributed by atoms with Gasteiger partial charge >= 0.3 is 5.97 Å². The zero-order valence-corrected chi connectivity index (χ0v) is 31.8. The number of amides is 5. The molecule has 14 heteroatoms. The quantitative estimate of drug-likeness (QED) is 0.0736. The van der Waals surface area contributed by atoms with E-state index < -0.39 is 42.0 Å². The average molecular weight is 718 g/mol. The number of hydrogen-bond acceptors (Lipinski definition) is 8. The SMILES string of the molecule is CCC[C@H](NC(=O)C(NC(=O)CCCC(=O)O)[C@@H](C)CC)C(=O)N[C@H](CN[C@@H](C)C(=O)N[C@H](C(=O)NCc1cccc(N)c1)C(C)C)CC(C)C. The summed E-state index contributed by atoms with van der Waals surface area (Å²) in [4.78, 5) is 76.6. The van der Waals surface area contributed by atoms with Gasteiger partial charge < -0.3 is 42.7 Å². The van der Waals surface area contributed by atoms with E-state index in [1.165, 1.54) is 0 Å². The molecule has 6 atom stereocenters. The van der Waals surface area contributed by atoms with E-state index in [-0.39, 0.29) is 73.9 Å². The largest absolute Gasteiger partial charge is 0.481 e. The van der Waals surface area contributed by atoms with E-state index in [4.69, 9.17) is 10.8 Å². The van der Waals surface area contributed by atoms with Gasteiger partial charge in [0.15, 0.2) is 0 Å². The summed E-state index contributed by atoms with van der Waals surface area (Å²) in [6.45, 7) is 15.6. The first-order valence-corrected chi connectivity index (χ1v) is 18.3. The van der Waals surface area contributed by atoms with Crippen molar-refractivity contribution in [2.45, 2.75) is 137 Å². The maximum absolute atomic E-state index is 13.6. The molecular weight excluding hydrogens is 654 g/mol. The van der Waals surface area contributed by atoms with Crippen LogP contribution in [-0.2, 0) is 35.3 Å². The Kier molecular flexibility index (Phi) is 20.5. The maximum Gasteiger partial charge on any atom is 0.303 e. The molecule has 1 unspecified atom stereocenters. The summed E-state index contributed by atoms with van der Waals surface area (Å²) >= 11 is 0. The second-order valence-electron chi connectivity index (χ2n) is 14.2. The molecule has 0 saturated carbocycles. The molecule has 0 fully saturated rings. The minimum atomic E-state index is -0.998. The molecule has 0 aliphatic heterocycles. The summed E-state index contributed by atoms with van der Waals surface area (Å²) in [5.74, 6) is -3.14. The lowest BCUT2D eigenvalue weighted by Gasteiger charge is -2.29. The normalized spacial score (nSPS) is 14.8. The number of anilines is 1. The van der Waals surface area contributed by atoms with E-state index in [1.807, 2.05) is 60.6 Å². The maximum atomic E-state index is 13.6. The number of rotatable bonds is 24. The van der Waals surface area contributed by atoms with E-state index in [1.54, 1.807) is 19.1 Å². The molecule has 0 bridgehead atoms. The van der Waals surface area contributed by atoms with Crippen LogP contribution in [0.2, 0.25) is 0 Å². The molecule has 1 rings (SSSR count). The van der Waals surface area contributed by atoms with Crippen LogP contribution in [0.5, 0.6) is 0 Å². The van der Waals surface area contributed by atoms with E-state index >= 15 is 0 Å². The van der Waals surface area contributed by atoms with Crippen molar-refractivity contribution in [1.29, 1.82) is 0 Å². The van der Waals surface area contributed by atoms with E-state index in [9.17, 15) is 28.8 Å².